The molecular formula is C65H88N4O8. The van der Waals surface area contributed by atoms with Crippen LogP contribution >= 0.6 is 0 Å². The molecule has 0 radical (unpaired) electrons. The van der Waals surface area contributed by atoms with E-state index in [1.54, 1.807) is 0 Å². The molecule has 0 unspecified atom stereocenters. The van der Waals surface area contributed by atoms with Crippen molar-refractivity contribution < 1.29 is 38.1 Å². The molecule has 0 amide bonds. The molecule has 77 heavy (non-hydrogen) atoms. The highest BCUT2D eigenvalue weighted by Crippen LogP contribution is 2.40. The third-order valence-electron chi connectivity index (χ3n) is 16.9. The fraction of sp³-hybridized carbons (Fsp3) is 0.569. The first kappa shape index (κ1) is 57.8. The Morgan fingerprint density at radius 3 is 0.727 bits per heavy atom. The fourth-order valence-corrected chi connectivity index (χ4v) is 12.3. The van der Waals surface area contributed by atoms with Crippen molar-refractivity contribution in [2.24, 2.45) is 0 Å². The van der Waals surface area contributed by atoms with Gasteiger partial charge in [-0.1, -0.05) is 167 Å². The van der Waals surface area contributed by atoms with Crippen LogP contribution in [-0.2, 0) is 60.5 Å². The number of ether oxygens (including phenoxy) is 4. The zero-order chi connectivity index (χ0) is 53.5. The number of rotatable bonds is 28. The van der Waals surface area contributed by atoms with Gasteiger partial charge in [-0.05, 0) is 111 Å². The molecule has 4 fully saturated rings. The molecule has 4 aliphatic rings. The largest absolute Gasteiger partial charge is 0.454 e. The average molecular weight is 1050 g/mol. The summed E-state index contributed by atoms with van der Waals surface area (Å²) in [4.78, 5) is 52.7. The van der Waals surface area contributed by atoms with Gasteiger partial charge in [0.1, 0.15) is 22.4 Å². The summed E-state index contributed by atoms with van der Waals surface area (Å²) >= 11 is 0. The minimum absolute atomic E-state index is 0.101. The van der Waals surface area contributed by atoms with Crippen LogP contribution < -0.4 is 21.3 Å². The Bertz CT molecular complexity index is 2410. The van der Waals surface area contributed by atoms with Gasteiger partial charge in [-0.3, -0.25) is 19.2 Å². The lowest BCUT2D eigenvalue weighted by Gasteiger charge is -2.38. The number of carbonyl (C=O) groups excluding carboxylic acids is 4. The lowest BCUT2D eigenvalue weighted by molar-refractivity contribution is -0.165. The van der Waals surface area contributed by atoms with Gasteiger partial charge in [0.05, 0.1) is 0 Å². The van der Waals surface area contributed by atoms with Crippen LogP contribution in [0.2, 0.25) is 0 Å². The van der Waals surface area contributed by atoms with Crippen molar-refractivity contribution in [3.63, 3.8) is 0 Å². The predicted molar refractivity (Wildman–Crippen MR) is 303 cm³/mol. The van der Waals surface area contributed by atoms with Crippen molar-refractivity contribution in [3.05, 3.63) is 131 Å². The van der Waals surface area contributed by atoms with Crippen LogP contribution in [0.5, 0.6) is 0 Å². The lowest BCUT2D eigenvalue weighted by atomic mass is 9.83. The molecule has 8 rings (SSSR count). The lowest BCUT2D eigenvalue weighted by Crippen LogP contribution is -2.43. The normalized spacial score (nSPS) is 18.6. The van der Waals surface area contributed by atoms with Crippen molar-refractivity contribution in [1.29, 1.82) is 0 Å². The van der Waals surface area contributed by atoms with E-state index in [9.17, 15) is 19.2 Å². The SMILES string of the molecule is O=C(CCCCCCCCCC(=O)OC1(c2ccc(-c3ccc(C4(OC(=O)CCCCCCCCC(=O)OC5(c6ccccc6)CCNCC5)CCNCC4)cc3)cc2)CCNCC1)OC1(c2ccccc2)CCNCC1. The second-order valence-electron chi connectivity index (χ2n) is 22.4. The van der Waals surface area contributed by atoms with Crippen molar-refractivity contribution in [2.45, 2.75) is 183 Å². The van der Waals surface area contributed by atoms with Gasteiger partial charge in [0.15, 0.2) is 0 Å². The maximum Gasteiger partial charge on any atom is 0.306 e. The van der Waals surface area contributed by atoms with Gasteiger partial charge in [0.25, 0.3) is 0 Å². The third kappa shape index (κ3) is 16.6. The number of unbranched alkanes of at least 4 members (excludes halogenated alkanes) is 11. The summed E-state index contributed by atoms with van der Waals surface area (Å²) < 4.78 is 25.2. The maximum atomic E-state index is 13.4. The molecule has 4 N–H and O–H groups in total. The molecule has 4 heterocycles. The first-order chi connectivity index (χ1) is 37.7. The highest BCUT2D eigenvalue weighted by molar-refractivity contribution is 5.72. The van der Waals surface area contributed by atoms with E-state index in [2.05, 4.69) is 94.1 Å². The summed E-state index contributed by atoms with van der Waals surface area (Å²) in [6.07, 6.45) is 20.2. The van der Waals surface area contributed by atoms with E-state index in [0.29, 0.717) is 25.7 Å². The fourth-order valence-electron chi connectivity index (χ4n) is 12.3. The molecular weight excluding hydrogens is 965 g/mol. The molecule has 0 spiro atoms. The van der Waals surface area contributed by atoms with Gasteiger partial charge in [-0.25, -0.2) is 0 Å². The predicted octanol–water partition coefficient (Wildman–Crippen LogP) is 11.9. The molecule has 4 aromatic carbocycles. The first-order valence-corrected chi connectivity index (χ1v) is 29.7. The van der Waals surface area contributed by atoms with Crippen LogP contribution in [0.15, 0.2) is 109 Å². The van der Waals surface area contributed by atoms with E-state index < -0.39 is 22.4 Å². The summed E-state index contributed by atoms with van der Waals surface area (Å²) in [5.74, 6) is -0.489. The number of hydrogen-bond acceptors (Lipinski definition) is 12. The summed E-state index contributed by atoms with van der Waals surface area (Å²) in [5, 5.41) is 13.7. The molecule has 12 nitrogen and oxygen atoms in total. The topological polar surface area (TPSA) is 153 Å². The second-order valence-corrected chi connectivity index (χ2v) is 22.4. The Kier molecular flexibility index (Phi) is 22.2. The van der Waals surface area contributed by atoms with Crippen LogP contribution in [0.4, 0.5) is 0 Å². The molecule has 0 aliphatic carbocycles. The van der Waals surface area contributed by atoms with Crippen molar-refractivity contribution in [1.82, 2.24) is 21.3 Å². The number of nitrogens with one attached hydrogen (secondary N) is 4. The van der Waals surface area contributed by atoms with Gasteiger partial charge >= 0.3 is 23.9 Å². The van der Waals surface area contributed by atoms with Crippen molar-refractivity contribution in [2.75, 3.05) is 52.4 Å². The summed E-state index contributed by atoms with van der Waals surface area (Å²) in [6.45, 7) is 6.52. The van der Waals surface area contributed by atoms with Crippen molar-refractivity contribution >= 4 is 23.9 Å². The van der Waals surface area contributed by atoms with Crippen LogP contribution in [0.1, 0.15) is 183 Å². The van der Waals surface area contributed by atoms with E-state index in [4.69, 9.17) is 18.9 Å². The van der Waals surface area contributed by atoms with Gasteiger partial charge in [0, 0.05) is 77.0 Å². The van der Waals surface area contributed by atoms with Gasteiger partial charge in [-0.2, -0.15) is 0 Å². The van der Waals surface area contributed by atoms with E-state index in [-0.39, 0.29) is 23.9 Å². The van der Waals surface area contributed by atoms with E-state index in [0.717, 1.165) is 221 Å². The monoisotopic (exact) mass is 1050 g/mol. The molecule has 4 aromatic rings. The molecule has 0 saturated carbocycles. The van der Waals surface area contributed by atoms with E-state index in [1.165, 1.54) is 0 Å². The highest BCUT2D eigenvalue weighted by atomic mass is 16.6. The van der Waals surface area contributed by atoms with E-state index in [1.807, 2.05) is 36.4 Å². The molecule has 0 aromatic heterocycles. The van der Waals surface area contributed by atoms with Gasteiger partial charge in [-0.15, -0.1) is 0 Å². The van der Waals surface area contributed by atoms with Crippen molar-refractivity contribution in [3.8, 4) is 11.1 Å². The minimum atomic E-state index is -0.656. The maximum absolute atomic E-state index is 13.4. The van der Waals surface area contributed by atoms with Crippen LogP contribution in [0.3, 0.4) is 0 Å². The molecule has 0 bridgehead atoms. The summed E-state index contributed by atoms with van der Waals surface area (Å²) in [6, 6.07) is 37.4. The Hall–Kier alpha value is -5.40. The van der Waals surface area contributed by atoms with E-state index >= 15 is 0 Å². The van der Waals surface area contributed by atoms with Crippen LogP contribution in [0, 0.1) is 0 Å². The molecule has 0 atom stereocenters. The Labute approximate surface area is 459 Å². The molecule has 4 saturated heterocycles. The third-order valence-corrected chi connectivity index (χ3v) is 16.9. The zero-order valence-corrected chi connectivity index (χ0v) is 46.0. The number of hydrogen-bond donors (Lipinski definition) is 4. The molecule has 4 aliphatic heterocycles. The standard InChI is InChI=1S/C65H88N4O8/c70-58(74-62(36-44-66-45-37-62)54-20-12-10-13-21-54)24-16-6-2-1-3-7-17-26-60(72)76-64(40-48-68-49-41-64)56-32-28-52(29-33-56)53-30-34-57(35-31-53)65(42-50-69-51-43-65)77-61(73)27-19-9-5-4-8-18-25-59(71)75-63(38-46-67-47-39-63)55-22-14-11-15-23-55/h10-15,20-23,28-35,66-69H,1-9,16-19,24-27,36-51H2. The number of esters is 4. The number of carbonyl (C=O) groups is 4. The Balaban J connectivity index is 0.722. The quantitative estimate of drug-likeness (QED) is 0.0243. The number of benzene rings is 4. The summed E-state index contributed by atoms with van der Waals surface area (Å²) in [7, 11) is 0. The second kappa shape index (κ2) is 29.5. The van der Waals surface area contributed by atoms with Crippen LogP contribution in [0.25, 0.3) is 11.1 Å². The first-order valence-electron chi connectivity index (χ1n) is 29.7. The molecule has 416 valence electrons. The minimum Gasteiger partial charge on any atom is -0.454 e. The van der Waals surface area contributed by atoms with Gasteiger partial charge in [0.2, 0.25) is 0 Å². The smallest absolute Gasteiger partial charge is 0.306 e. The number of piperidine rings is 4. The Morgan fingerprint density at radius 2 is 0.494 bits per heavy atom. The van der Waals surface area contributed by atoms with Gasteiger partial charge < -0.3 is 40.2 Å². The molecule has 12 heteroatoms. The van der Waals surface area contributed by atoms with Crippen LogP contribution in [-0.4, -0.2) is 76.2 Å². The zero-order valence-electron chi connectivity index (χ0n) is 46.0. The Morgan fingerprint density at radius 1 is 0.286 bits per heavy atom. The highest BCUT2D eigenvalue weighted by Gasteiger charge is 2.41. The average Bonchev–Trinajstić information content (AvgIpc) is 3.47. The summed E-state index contributed by atoms with van der Waals surface area (Å²) in [5.41, 5.74) is 4.03.